The van der Waals surface area contributed by atoms with Crippen LogP contribution in [0.4, 0.5) is 0 Å². The van der Waals surface area contributed by atoms with Crippen LogP contribution < -0.4 is 4.74 Å². The van der Waals surface area contributed by atoms with Gasteiger partial charge >= 0.3 is 0 Å². The molecule has 0 bridgehead atoms. The normalized spacial score (nSPS) is 10.3. The minimum atomic E-state index is -0.0436. The molecule has 0 aliphatic rings. The quantitative estimate of drug-likeness (QED) is 0.796. The van der Waals surface area contributed by atoms with Gasteiger partial charge in [0.05, 0.1) is 6.20 Å². The van der Waals surface area contributed by atoms with Gasteiger partial charge in [0.25, 0.3) is 5.91 Å². The first kappa shape index (κ1) is 13.0. The summed E-state index contributed by atoms with van der Waals surface area (Å²) in [5, 5.41) is 0. The molecule has 0 aliphatic heterocycles. The van der Waals surface area contributed by atoms with E-state index >= 15 is 0 Å². The molecule has 16 heavy (non-hydrogen) atoms. The lowest BCUT2D eigenvalue weighted by molar-refractivity contribution is -0.133. The Labute approximate surface area is 104 Å². The maximum absolute atomic E-state index is 11.6. The Morgan fingerprint density at radius 1 is 1.56 bits per heavy atom. The molecule has 5 heteroatoms. The van der Waals surface area contributed by atoms with Crippen molar-refractivity contribution in [1.29, 1.82) is 0 Å². The number of aromatic nitrogens is 1. The molecule has 0 aromatic carbocycles. The number of hydrogen-bond donors (Lipinski definition) is 0. The number of pyridine rings is 1. The minimum absolute atomic E-state index is 0.0397. The van der Waals surface area contributed by atoms with Gasteiger partial charge in [0.2, 0.25) is 0 Å². The predicted octanol–water partition coefficient (Wildman–Crippen LogP) is 2.09. The second-order valence-corrected chi connectivity index (χ2v) is 4.52. The molecular weight excluding hydrogens is 272 g/mol. The van der Waals surface area contributed by atoms with Gasteiger partial charge in [-0.1, -0.05) is 0 Å². The first-order valence-electron chi connectivity index (χ1n) is 5.00. The molecule has 0 spiro atoms. The van der Waals surface area contributed by atoms with Crippen molar-refractivity contribution >= 4 is 21.8 Å². The van der Waals surface area contributed by atoms with Crippen molar-refractivity contribution in [3.05, 3.63) is 22.9 Å². The third kappa shape index (κ3) is 3.81. The SMILES string of the molecule is CC(C)N(C)C(=O)COc1ccc(Br)nc1. The van der Waals surface area contributed by atoms with Crippen LogP contribution in [0.3, 0.4) is 0 Å². The smallest absolute Gasteiger partial charge is 0.260 e. The van der Waals surface area contributed by atoms with Crippen LogP contribution in [-0.2, 0) is 4.79 Å². The fourth-order valence-corrected chi connectivity index (χ4v) is 1.22. The molecule has 1 rings (SSSR count). The highest BCUT2D eigenvalue weighted by atomic mass is 79.9. The van der Waals surface area contributed by atoms with Crippen molar-refractivity contribution in [1.82, 2.24) is 9.88 Å². The van der Waals surface area contributed by atoms with Crippen molar-refractivity contribution in [3.8, 4) is 5.75 Å². The molecule has 0 saturated carbocycles. The second kappa shape index (κ2) is 5.84. The number of rotatable bonds is 4. The summed E-state index contributed by atoms with van der Waals surface area (Å²) < 4.78 is 6.06. The van der Waals surface area contributed by atoms with Crippen LogP contribution in [0.2, 0.25) is 0 Å². The van der Waals surface area contributed by atoms with E-state index in [2.05, 4.69) is 20.9 Å². The molecule has 1 amide bonds. The fourth-order valence-electron chi connectivity index (χ4n) is 0.983. The number of carbonyl (C=O) groups is 1. The molecule has 1 aromatic rings. The Morgan fingerprint density at radius 2 is 2.25 bits per heavy atom. The number of ether oxygens (including phenoxy) is 1. The van der Waals surface area contributed by atoms with Gasteiger partial charge in [0, 0.05) is 13.1 Å². The third-order valence-electron chi connectivity index (χ3n) is 2.23. The van der Waals surface area contributed by atoms with E-state index in [1.54, 1.807) is 30.3 Å². The lowest BCUT2D eigenvalue weighted by Crippen LogP contribution is -2.36. The van der Waals surface area contributed by atoms with Crippen molar-refractivity contribution in [2.45, 2.75) is 19.9 Å². The van der Waals surface area contributed by atoms with Crippen molar-refractivity contribution in [2.75, 3.05) is 13.7 Å². The van der Waals surface area contributed by atoms with E-state index in [1.165, 1.54) is 0 Å². The van der Waals surface area contributed by atoms with Crippen LogP contribution in [0.25, 0.3) is 0 Å². The average Bonchev–Trinajstić information content (AvgIpc) is 2.26. The molecule has 0 aliphatic carbocycles. The highest BCUT2D eigenvalue weighted by Gasteiger charge is 2.12. The van der Waals surface area contributed by atoms with Gasteiger partial charge in [0.15, 0.2) is 6.61 Å². The Balaban J connectivity index is 2.46. The predicted molar refractivity (Wildman–Crippen MR) is 65.3 cm³/mol. The van der Waals surface area contributed by atoms with Crippen molar-refractivity contribution in [3.63, 3.8) is 0 Å². The van der Waals surface area contributed by atoms with E-state index < -0.39 is 0 Å². The summed E-state index contributed by atoms with van der Waals surface area (Å²) in [4.78, 5) is 17.2. The topological polar surface area (TPSA) is 42.4 Å². The average molecular weight is 287 g/mol. The summed E-state index contributed by atoms with van der Waals surface area (Å²) >= 11 is 3.23. The molecule has 0 radical (unpaired) electrons. The van der Waals surface area contributed by atoms with Gasteiger partial charge in [-0.2, -0.15) is 0 Å². The van der Waals surface area contributed by atoms with Gasteiger partial charge in [-0.3, -0.25) is 4.79 Å². The van der Waals surface area contributed by atoms with Gasteiger partial charge in [0.1, 0.15) is 10.4 Å². The lowest BCUT2D eigenvalue weighted by atomic mass is 10.3. The molecule has 0 N–H and O–H groups in total. The molecule has 4 nitrogen and oxygen atoms in total. The van der Waals surface area contributed by atoms with Gasteiger partial charge in [-0.25, -0.2) is 4.98 Å². The number of carbonyl (C=O) groups excluding carboxylic acids is 1. The summed E-state index contributed by atoms with van der Waals surface area (Å²) in [6, 6.07) is 3.71. The summed E-state index contributed by atoms with van der Waals surface area (Å²) in [6.07, 6.45) is 1.58. The van der Waals surface area contributed by atoms with E-state index in [0.717, 1.165) is 4.60 Å². The molecule has 0 unspecified atom stereocenters. The third-order valence-corrected chi connectivity index (χ3v) is 2.70. The number of nitrogens with zero attached hydrogens (tertiary/aromatic N) is 2. The second-order valence-electron chi connectivity index (χ2n) is 3.70. The zero-order valence-corrected chi connectivity index (χ0v) is 11.2. The molecule has 1 heterocycles. The first-order valence-corrected chi connectivity index (χ1v) is 5.80. The summed E-state index contributed by atoms with van der Waals surface area (Å²) in [5.74, 6) is 0.548. The summed E-state index contributed by atoms with van der Waals surface area (Å²) in [5.41, 5.74) is 0. The molecule has 0 fully saturated rings. The number of amides is 1. The van der Waals surface area contributed by atoms with Crippen LogP contribution in [0, 0.1) is 0 Å². The summed E-state index contributed by atoms with van der Waals surface area (Å²) in [6.45, 7) is 3.95. The number of hydrogen-bond acceptors (Lipinski definition) is 3. The number of likely N-dealkylation sites (N-methyl/N-ethyl adjacent to an activating group) is 1. The zero-order chi connectivity index (χ0) is 12.1. The monoisotopic (exact) mass is 286 g/mol. The largest absolute Gasteiger partial charge is 0.482 e. The zero-order valence-electron chi connectivity index (χ0n) is 9.61. The standard InChI is InChI=1S/C11H15BrN2O2/c1-8(2)14(3)11(15)7-16-9-4-5-10(12)13-6-9/h4-6,8H,7H2,1-3H3. The van der Waals surface area contributed by atoms with Crippen molar-refractivity contribution < 1.29 is 9.53 Å². The molecule has 0 atom stereocenters. The van der Waals surface area contributed by atoms with Gasteiger partial charge < -0.3 is 9.64 Å². The Hall–Kier alpha value is -1.10. The van der Waals surface area contributed by atoms with Gasteiger partial charge in [-0.05, 0) is 41.9 Å². The Bertz CT molecular complexity index is 352. The van der Waals surface area contributed by atoms with Crippen LogP contribution in [0.15, 0.2) is 22.9 Å². The fraction of sp³-hybridized carbons (Fsp3) is 0.455. The first-order chi connectivity index (χ1) is 7.50. The van der Waals surface area contributed by atoms with E-state index in [-0.39, 0.29) is 18.6 Å². The molecule has 0 saturated heterocycles. The molecular formula is C11H15BrN2O2. The molecule has 88 valence electrons. The lowest BCUT2D eigenvalue weighted by Gasteiger charge is -2.21. The van der Waals surface area contributed by atoms with Crippen LogP contribution in [0.5, 0.6) is 5.75 Å². The van der Waals surface area contributed by atoms with Crippen LogP contribution >= 0.6 is 15.9 Å². The Morgan fingerprint density at radius 3 is 2.75 bits per heavy atom. The highest BCUT2D eigenvalue weighted by molar-refractivity contribution is 9.10. The van der Waals surface area contributed by atoms with Crippen molar-refractivity contribution in [2.24, 2.45) is 0 Å². The van der Waals surface area contributed by atoms with E-state index in [1.807, 2.05) is 13.8 Å². The van der Waals surface area contributed by atoms with Crippen LogP contribution in [-0.4, -0.2) is 35.5 Å². The van der Waals surface area contributed by atoms with E-state index in [0.29, 0.717) is 5.75 Å². The molecule has 1 aromatic heterocycles. The van der Waals surface area contributed by atoms with Crippen LogP contribution in [0.1, 0.15) is 13.8 Å². The maximum Gasteiger partial charge on any atom is 0.260 e. The van der Waals surface area contributed by atoms with Gasteiger partial charge in [-0.15, -0.1) is 0 Å². The minimum Gasteiger partial charge on any atom is -0.482 e. The maximum atomic E-state index is 11.6. The van der Waals surface area contributed by atoms with E-state index in [9.17, 15) is 4.79 Å². The van der Waals surface area contributed by atoms with E-state index in [4.69, 9.17) is 4.74 Å². The highest BCUT2D eigenvalue weighted by Crippen LogP contribution is 2.12. The number of halogens is 1. The summed E-state index contributed by atoms with van der Waals surface area (Å²) in [7, 11) is 1.76. The Kier molecular flexibility index (Phi) is 4.73.